The molecule has 0 saturated carbocycles. The van der Waals surface area contributed by atoms with E-state index in [0.29, 0.717) is 24.6 Å². The van der Waals surface area contributed by atoms with E-state index >= 15 is 0 Å². The monoisotopic (exact) mass is 382 g/mol. The number of ether oxygens (including phenoxy) is 2. The Hall–Kier alpha value is -3.55. The first-order chi connectivity index (χ1) is 13.6. The number of rotatable bonds is 7. The Morgan fingerprint density at radius 3 is 2.50 bits per heavy atom. The fourth-order valence-corrected chi connectivity index (χ4v) is 2.54. The van der Waals surface area contributed by atoms with Gasteiger partial charge in [0, 0.05) is 0 Å². The molecule has 2 N–H and O–H groups in total. The third kappa shape index (κ3) is 4.79. The van der Waals surface area contributed by atoms with Crippen LogP contribution >= 0.6 is 0 Å². The predicted molar refractivity (Wildman–Crippen MR) is 106 cm³/mol. The molecule has 0 unspecified atom stereocenters. The summed E-state index contributed by atoms with van der Waals surface area (Å²) in [5.74, 6) is 0.879. The van der Waals surface area contributed by atoms with Crippen LogP contribution in [0.15, 0.2) is 53.5 Å². The maximum absolute atomic E-state index is 12.3. The van der Waals surface area contributed by atoms with E-state index in [4.69, 9.17) is 9.47 Å². The number of hydrogen-bond donors (Lipinski definition) is 2. The van der Waals surface area contributed by atoms with Crippen LogP contribution in [0.1, 0.15) is 5.56 Å². The summed E-state index contributed by atoms with van der Waals surface area (Å²) in [6.07, 6.45) is 0. The lowest BCUT2D eigenvalue weighted by atomic mass is 10.2. The summed E-state index contributed by atoms with van der Waals surface area (Å²) in [5, 5.41) is 4.05. The van der Waals surface area contributed by atoms with Crippen LogP contribution < -0.4 is 25.2 Å². The molecular weight excluding hydrogens is 360 g/mol. The second kappa shape index (κ2) is 8.90. The van der Waals surface area contributed by atoms with Crippen molar-refractivity contribution >= 4 is 23.3 Å². The fourth-order valence-electron chi connectivity index (χ4n) is 2.54. The van der Waals surface area contributed by atoms with Crippen molar-refractivity contribution in [3.8, 4) is 11.5 Å². The van der Waals surface area contributed by atoms with E-state index in [1.807, 2.05) is 31.2 Å². The number of nitrogens with one attached hydrogen (secondary N) is 2. The topological polar surface area (TPSA) is 92.3 Å². The first-order valence-electron chi connectivity index (χ1n) is 8.82. The van der Waals surface area contributed by atoms with Crippen LogP contribution in [0.5, 0.6) is 11.5 Å². The van der Waals surface area contributed by atoms with Gasteiger partial charge in [0.1, 0.15) is 24.7 Å². The zero-order chi connectivity index (χ0) is 19.9. The van der Waals surface area contributed by atoms with Gasteiger partial charge in [0.05, 0.1) is 19.3 Å². The second-order valence-corrected chi connectivity index (χ2v) is 6.12. The first kappa shape index (κ1) is 19.2. The molecule has 0 saturated heterocycles. The molecule has 146 valence electrons. The summed E-state index contributed by atoms with van der Waals surface area (Å²) in [4.78, 5) is 28.4. The number of carbonyl (C=O) groups is 2. The molecule has 2 aromatic carbocycles. The first-order valence-corrected chi connectivity index (χ1v) is 8.82. The highest BCUT2D eigenvalue weighted by Gasteiger charge is 2.25. The van der Waals surface area contributed by atoms with Crippen molar-refractivity contribution < 1.29 is 19.1 Å². The van der Waals surface area contributed by atoms with Crippen LogP contribution in [-0.4, -0.2) is 44.5 Å². The quantitative estimate of drug-likeness (QED) is 0.707. The minimum Gasteiger partial charge on any atom is -0.497 e. The minimum atomic E-state index is -0.400. The SMILES string of the molecule is COc1ccc(OCCNC(=O)C2=NCC(=O)N(c3ccc(C)cc3)N2)cc1. The Bertz CT molecular complexity index is 863. The Morgan fingerprint density at radius 2 is 1.82 bits per heavy atom. The summed E-state index contributed by atoms with van der Waals surface area (Å²) in [6, 6.07) is 14.6. The molecule has 2 amide bonds. The van der Waals surface area contributed by atoms with E-state index in [9.17, 15) is 9.59 Å². The summed E-state index contributed by atoms with van der Waals surface area (Å²) in [5.41, 5.74) is 4.51. The van der Waals surface area contributed by atoms with Gasteiger partial charge in [0.25, 0.3) is 11.8 Å². The van der Waals surface area contributed by atoms with Gasteiger partial charge in [-0.15, -0.1) is 0 Å². The number of aliphatic imine (C=N–C) groups is 1. The number of anilines is 1. The summed E-state index contributed by atoms with van der Waals surface area (Å²) >= 11 is 0. The molecule has 1 aliphatic heterocycles. The van der Waals surface area contributed by atoms with Crippen LogP contribution in [0.4, 0.5) is 5.69 Å². The summed E-state index contributed by atoms with van der Waals surface area (Å²) in [6.45, 7) is 2.46. The number of benzene rings is 2. The number of amides is 2. The average Bonchev–Trinajstić information content (AvgIpc) is 2.72. The Balaban J connectivity index is 1.49. The molecule has 2 aromatic rings. The van der Waals surface area contributed by atoms with E-state index in [1.54, 1.807) is 31.4 Å². The lowest BCUT2D eigenvalue weighted by Crippen LogP contribution is -2.56. The van der Waals surface area contributed by atoms with Crippen molar-refractivity contribution in [3.05, 3.63) is 54.1 Å². The average molecular weight is 382 g/mol. The van der Waals surface area contributed by atoms with Crippen molar-refractivity contribution in [3.63, 3.8) is 0 Å². The van der Waals surface area contributed by atoms with Gasteiger partial charge in [0.2, 0.25) is 5.84 Å². The largest absolute Gasteiger partial charge is 0.497 e. The number of aryl methyl sites for hydroxylation is 1. The van der Waals surface area contributed by atoms with Gasteiger partial charge in [0.15, 0.2) is 0 Å². The normalized spacial score (nSPS) is 13.4. The highest BCUT2D eigenvalue weighted by atomic mass is 16.5. The van der Waals surface area contributed by atoms with Crippen molar-refractivity contribution in [1.29, 1.82) is 0 Å². The summed E-state index contributed by atoms with van der Waals surface area (Å²) < 4.78 is 10.7. The van der Waals surface area contributed by atoms with E-state index in [1.165, 1.54) is 5.01 Å². The number of amidine groups is 1. The predicted octanol–water partition coefficient (Wildman–Crippen LogP) is 1.45. The fraction of sp³-hybridized carbons (Fsp3) is 0.250. The number of nitrogens with zero attached hydrogens (tertiary/aromatic N) is 2. The maximum Gasteiger partial charge on any atom is 0.288 e. The molecule has 0 radical (unpaired) electrons. The van der Waals surface area contributed by atoms with Gasteiger partial charge in [-0.05, 0) is 43.3 Å². The van der Waals surface area contributed by atoms with Crippen LogP contribution in [-0.2, 0) is 9.59 Å². The Kier molecular flexibility index (Phi) is 6.11. The van der Waals surface area contributed by atoms with Crippen molar-refractivity contribution in [2.45, 2.75) is 6.92 Å². The van der Waals surface area contributed by atoms with Gasteiger partial charge in [-0.2, -0.15) is 0 Å². The third-order valence-corrected chi connectivity index (χ3v) is 4.06. The molecule has 0 aliphatic carbocycles. The molecule has 8 nitrogen and oxygen atoms in total. The second-order valence-electron chi connectivity index (χ2n) is 6.12. The number of hydrogen-bond acceptors (Lipinski definition) is 6. The number of methoxy groups -OCH3 is 1. The molecule has 0 atom stereocenters. The summed E-state index contributed by atoms with van der Waals surface area (Å²) in [7, 11) is 1.60. The molecule has 1 aliphatic rings. The highest BCUT2D eigenvalue weighted by Crippen LogP contribution is 2.17. The lowest BCUT2D eigenvalue weighted by Gasteiger charge is -2.27. The minimum absolute atomic E-state index is 0.0876. The molecule has 0 aromatic heterocycles. The standard InChI is InChI=1S/C20H22N4O4/c1-14-3-5-15(6-4-14)24-18(25)13-22-19(23-24)20(26)21-11-12-28-17-9-7-16(27-2)8-10-17/h3-10H,11-13H2,1-2H3,(H,21,26)(H,22,23). The van der Waals surface area contributed by atoms with Crippen molar-refractivity contribution in [1.82, 2.24) is 10.7 Å². The molecule has 0 fully saturated rings. The van der Waals surface area contributed by atoms with Gasteiger partial charge >= 0.3 is 0 Å². The van der Waals surface area contributed by atoms with E-state index < -0.39 is 5.91 Å². The van der Waals surface area contributed by atoms with E-state index in [2.05, 4.69) is 15.7 Å². The zero-order valence-corrected chi connectivity index (χ0v) is 15.8. The van der Waals surface area contributed by atoms with Gasteiger partial charge in [-0.3, -0.25) is 20.0 Å². The zero-order valence-electron chi connectivity index (χ0n) is 15.8. The van der Waals surface area contributed by atoms with E-state index in [-0.39, 0.29) is 18.3 Å². The molecule has 3 rings (SSSR count). The van der Waals surface area contributed by atoms with Crippen molar-refractivity contribution in [2.75, 3.05) is 31.8 Å². The van der Waals surface area contributed by atoms with Gasteiger partial charge in [-0.25, -0.2) is 5.01 Å². The molecule has 0 bridgehead atoms. The molecule has 1 heterocycles. The Labute approximate surface area is 163 Å². The van der Waals surface area contributed by atoms with Crippen molar-refractivity contribution in [2.24, 2.45) is 4.99 Å². The van der Waals surface area contributed by atoms with Gasteiger partial charge < -0.3 is 14.8 Å². The molecule has 8 heteroatoms. The molecular formula is C20H22N4O4. The van der Waals surface area contributed by atoms with Crippen LogP contribution in [0.25, 0.3) is 0 Å². The number of carbonyl (C=O) groups excluding carboxylic acids is 2. The third-order valence-electron chi connectivity index (χ3n) is 4.06. The molecule has 0 spiro atoms. The highest BCUT2D eigenvalue weighted by molar-refractivity contribution is 6.39. The van der Waals surface area contributed by atoms with Crippen LogP contribution in [0, 0.1) is 6.92 Å². The van der Waals surface area contributed by atoms with Crippen LogP contribution in [0.3, 0.4) is 0 Å². The van der Waals surface area contributed by atoms with Crippen LogP contribution in [0.2, 0.25) is 0 Å². The Morgan fingerprint density at radius 1 is 1.14 bits per heavy atom. The smallest absolute Gasteiger partial charge is 0.288 e. The van der Waals surface area contributed by atoms with E-state index in [0.717, 1.165) is 11.3 Å². The van der Waals surface area contributed by atoms with Gasteiger partial charge in [-0.1, -0.05) is 17.7 Å². The lowest BCUT2D eigenvalue weighted by molar-refractivity contribution is -0.118. The maximum atomic E-state index is 12.3. The molecule has 28 heavy (non-hydrogen) atoms. The number of hydrazine groups is 1.